The minimum atomic E-state index is 0. The Morgan fingerprint density at radius 2 is 2.09 bits per heavy atom. The zero-order valence-corrected chi connectivity index (χ0v) is 14.2. The number of nitrogens with two attached hydrogens (primary N) is 1. The first-order valence-electron chi connectivity index (χ1n) is 7.21. The third kappa shape index (κ3) is 4.21. The van der Waals surface area contributed by atoms with E-state index in [2.05, 4.69) is 26.3 Å². The lowest BCUT2D eigenvalue weighted by Gasteiger charge is -2.32. The number of nitrogens with zero attached hydrogens (tertiary/aromatic N) is 3. The van der Waals surface area contributed by atoms with Crippen molar-refractivity contribution in [2.75, 3.05) is 18.0 Å². The van der Waals surface area contributed by atoms with Crippen molar-refractivity contribution >= 4 is 36.5 Å². The van der Waals surface area contributed by atoms with E-state index in [0.717, 1.165) is 43.9 Å². The maximum Gasteiger partial charge on any atom is 0.217 e. The zero-order chi connectivity index (χ0) is 14.1. The summed E-state index contributed by atoms with van der Waals surface area (Å²) in [4.78, 5) is 22.0. The average molecular weight is 348 g/mol. The normalized spacial score (nSPS) is 26.5. The highest BCUT2D eigenvalue weighted by Gasteiger charge is 2.30. The number of amides is 1. The molecule has 1 saturated heterocycles. The van der Waals surface area contributed by atoms with Gasteiger partial charge < -0.3 is 16.0 Å². The first-order valence-corrected chi connectivity index (χ1v) is 7.21. The summed E-state index contributed by atoms with van der Waals surface area (Å²) in [6, 6.07) is 2.63. The number of hydrogen-bond donors (Lipinski definition) is 2. The fourth-order valence-electron chi connectivity index (χ4n) is 3.03. The minimum Gasteiger partial charge on any atom is -0.354 e. The predicted molar refractivity (Wildman–Crippen MR) is 90.9 cm³/mol. The van der Waals surface area contributed by atoms with E-state index in [-0.39, 0.29) is 36.8 Å². The molecule has 1 amide bonds. The highest BCUT2D eigenvalue weighted by atomic mass is 35.5. The van der Waals surface area contributed by atoms with Gasteiger partial charge in [-0.05, 0) is 19.3 Å². The molecular formula is C14H23Cl2N5O. The van der Waals surface area contributed by atoms with E-state index < -0.39 is 0 Å². The highest BCUT2D eigenvalue weighted by molar-refractivity contribution is 5.85. The summed E-state index contributed by atoms with van der Waals surface area (Å²) in [5.74, 6) is 1.48. The van der Waals surface area contributed by atoms with Gasteiger partial charge in [-0.25, -0.2) is 9.97 Å². The molecule has 6 nitrogen and oxygen atoms in total. The Morgan fingerprint density at radius 3 is 2.73 bits per heavy atom. The lowest BCUT2D eigenvalue weighted by Crippen LogP contribution is -2.36. The van der Waals surface area contributed by atoms with E-state index in [9.17, 15) is 4.79 Å². The molecule has 22 heavy (non-hydrogen) atoms. The van der Waals surface area contributed by atoms with Crippen LogP contribution in [-0.2, 0) is 4.79 Å². The van der Waals surface area contributed by atoms with E-state index in [1.807, 2.05) is 0 Å². The Bertz CT molecular complexity index is 510. The van der Waals surface area contributed by atoms with E-state index in [1.54, 1.807) is 13.3 Å². The number of aromatic nitrogens is 2. The molecule has 1 aliphatic carbocycles. The molecular weight excluding hydrogens is 325 g/mol. The molecule has 0 bridgehead atoms. The van der Waals surface area contributed by atoms with Crippen LogP contribution in [-0.4, -0.2) is 41.0 Å². The van der Waals surface area contributed by atoms with Gasteiger partial charge in [0, 0.05) is 49.8 Å². The Kier molecular flexibility index (Phi) is 6.84. The molecule has 2 aliphatic rings. The maximum atomic E-state index is 11.1. The van der Waals surface area contributed by atoms with Crippen LogP contribution < -0.4 is 16.0 Å². The molecule has 124 valence electrons. The minimum absolute atomic E-state index is 0. The molecule has 1 aromatic heterocycles. The van der Waals surface area contributed by atoms with Gasteiger partial charge in [-0.3, -0.25) is 4.79 Å². The standard InChI is InChI=1S/C14H21N5O.2ClH/c1-9(20)18-12-2-3-19(7-12)14-6-13(16-8-17-14)10-4-11(15)5-10;;/h6,8,10-12H,2-5,7,15H2,1H3,(H,18,20);2*1H/t10?,11?,12-;;/m0../s1. The first-order chi connectivity index (χ1) is 9.61. The Morgan fingerprint density at radius 1 is 1.36 bits per heavy atom. The highest BCUT2D eigenvalue weighted by Crippen LogP contribution is 2.35. The monoisotopic (exact) mass is 347 g/mol. The van der Waals surface area contributed by atoms with Crippen molar-refractivity contribution in [2.24, 2.45) is 5.73 Å². The molecule has 3 rings (SSSR count). The van der Waals surface area contributed by atoms with Crippen LogP contribution in [0.5, 0.6) is 0 Å². The fourth-order valence-corrected chi connectivity index (χ4v) is 3.03. The van der Waals surface area contributed by atoms with E-state index in [1.165, 1.54) is 0 Å². The van der Waals surface area contributed by atoms with Gasteiger partial charge in [0.2, 0.25) is 5.91 Å². The lowest BCUT2D eigenvalue weighted by molar-refractivity contribution is -0.119. The summed E-state index contributed by atoms with van der Waals surface area (Å²) < 4.78 is 0. The zero-order valence-electron chi connectivity index (χ0n) is 12.6. The molecule has 0 spiro atoms. The number of carbonyl (C=O) groups is 1. The SMILES string of the molecule is CC(=O)N[C@H]1CCN(c2cc(C3CC(N)C3)ncn2)C1.Cl.Cl. The maximum absolute atomic E-state index is 11.1. The molecule has 8 heteroatoms. The molecule has 0 radical (unpaired) electrons. The summed E-state index contributed by atoms with van der Waals surface area (Å²) in [6.45, 7) is 3.30. The van der Waals surface area contributed by atoms with Gasteiger partial charge in [-0.1, -0.05) is 0 Å². The van der Waals surface area contributed by atoms with Crippen molar-refractivity contribution in [2.45, 2.75) is 44.2 Å². The molecule has 0 aromatic carbocycles. The van der Waals surface area contributed by atoms with Crippen LogP contribution in [0.2, 0.25) is 0 Å². The number of anilines is 1. The smallest absolute Gasteiger partial charge is 0.217 e. The van der Waals surface area contributed by atoms with Gasteiger partial charge in [0.25, 0.3) is 0 Å². The van der Waals surface area contributed by atoms with Crippen LogP contribution in [0.4, 0.5) is 5.82 Å². The largest absolute Gasteiger partial charge is 0.354 e. The summed E-state index contributed by atoms with van der Waals surface area (Å²) in [5, 5.41) is 2.97. The van der Waals surface area contributed by atoms with Crippen molar-refractivity contribution < 1.29 is 4.79 Å². The van der Waals surface area contributed by atoms with Crippen molar-refractivity contribution in [1.29, 1.82) is 0 Å². The van der Waals surface area contributed by atoms with Crippen LogP contribution in [0, 0.1) is 0 Å². The van der Waals surface area contributed by atoms with Crippen molar-refractivity contribution in [3.8, 4) is 0 Å². The first kappa shape index (κ1) is 18.9. The Hall–Kier alpha value is -1.11. The topological polar surface area (TPSA) is 84.1 Å². The average Bonchev–Trinajstić information content (AvgIpc) is 2.83. The number of nitrogens with one attached hydrogen (secondary N) is 1. The molecule has 0 unspecified atom stereocenters. The number of halogens is 2. The van der Waals surface area contributed by atoms with Gasteiger partial charge in [0.1, 0.15) is 12.1 Å². The molecule has 2 heterocycles. The molecule has 1 aromatic rings. The number of carbonyl (C=O) groups excluding carboxylic acids is 1. The fraction of sp³-hybridized carbons (Fsp3) is 0.643. The molecule has 1 saturated carbocycles. The van der Waals surface area contributed by atoms with Crippen LogP contribution in [0.25, 0.3) is 0 Å². The molecule has 3 N–H and O–H groups in total. The third-order valence-corrected chi connectivity index (χ3v) is 4.19. The third-order valence-electron chi connectivity index (χ3n) is 4.19. The molecule has 2 fully saturated rings. The van der Waals surface area contributed by atoms with Crippen molar-refractivity contribution in [3.63, 3.8) is 0 Å². The number of hydrogen-bond acceptors (Lipinski definition) is 5. The predicted octanol–water partition coefficient (Wildman–Crippen LogP) is 1.24. The summed E-state index contributed by atoms with van der Waals surface area (Å²) in [5.41, 5.74) is 6.93. The molecule has 1 atom stereocenters. The van der Waals surface area contributed by atoms with E-state index in [0.29, 0.717) is 12.0 Å². The van der Waals surface area contributed by atoms with Gasteiger partial charge in [-0.15, -0.1) is 24.8 Å². The van der Waals surface area contributed by atoms with Crippen LogP contribution in [0.3, 0.4) is 0 Å². The van der Waals surface area contributed by atoms with Crippen LogP contribution in [0.15, 0.2) is 12.4 Å². The Labute approximate surface area is 143 Å². The van der Waals surface area contributed by atoms with Crippen LogP contribution in [0.1, 0.15) is 37.8 Å². The Balaban J connectivity index is 0.00000121. The number of rotatable bonds is 3. The second-order valence-electron chi connectivity index (χ2n) is 5.86. The second kappa shape index (κ2) is 7.94. The quantitative estimate of drug-likeness (QED) is 0.859. The van der Waals surface area contributed by atoms with Gasteiger partial charge in [0.15, 0.2) is 0 Å². The summed E-state index contributed by atoms with van der Waals surface area (Å²) in [6.07, 6.45) is 4.64. The van der Waals surface area contributed by atoms with Gasteiger partial charge in [0.05, 0.1) is 0 Å². The lowest BCUT2D eigenvalue weighted by atomic mass is 9.78. The van der Waals surface area contributed by atoms with E-state index >= 15 is 0 Å². The molecule has 1 aliphatic heterocycles. The van der Waals surface area contributed by atoms with E-state index in [4.69, 9.17) is 5.73 Å². The summed E-state index contributed by atoms with van der Waals surface area (Å²) in [7, 11) is 0. The summed E-state index contributed by atoms with van der Waals surface area (Å²) >= 11 is 0. The second-order valence-corrected chi connectivity index (χ2v) is 5.86. The van der Waals surface area contributed by atoms with Gasteiger partial charge >= 0.3 is 0 Å². The van der Waals surface area contributed by atoms with Crippen LogP contribution >= 0.6 is 24.8 Å². The van der Waals surface area contributed by atoms with Gasteiger partial charge in [-0.2, -0.15) is 0 Å². The van der Waals surface area contributed by atoms with Crippen molar-refractivity contribution in [3.05, 3.63) is 18.1 Å². The van der Waals surface area contributed by atoms with Crippen molar-refractivity contribution in [1.82, 2.24) is 15.3 Å².